The predicted molar refractivity (Wildman–Crippen MR) is 112 cm³/mol. The van der Waals surface area contributed by atoms with Crippen LogP contribution in [-0.2, 0) is 14.8 Å². The molecule has 3 aromatic rings. The van der Waals surface area contributed by atoms with Crippen molar-refractivity contribution in [3.8, 4) is 0 Å². The molecular formula is C21H22N2O4S. The van der Waals surface area contributed by atoms with Crippen LogP contribution < -0.4 is 9.62 Å². The maximum Gasteiger partial charge on any atom is 0.337 e. The molecule has 0 atom stereocenters. The Morgan fingerprint density at radius 1 is 1.00 bits per heavy atom. The van der Waals surface area contributed by atoms with Gasteiger partial charge in [0.25, 0.3) is 10.0 Å². The number of nitrogens with zero attached hydrogens (tertiary/aromatic N) is 1. The molecule has 0 bridgehead atoms. The molecule has 0 saturated carbocycles. The van der Waals surface area contributed by atoms with Crippen molar-refractivity contribution >= 4 is 38.1 Å². The predicted octanol–water partition coefficient (Wildman–Crippen LogP) is 3.80. The summed E-state index contributed by atoms with van der Waals surface area (Å²) in [5.41, 5.74) is 2.24. The first-order valence-electron chi connectivity index (χ1n) is 8.65. The van der Waals surface area contributed by atoms with Gasteiger partial charge in [-0.05, 0) is 36.8 Å². The molecule has 0 aliphatic carbocycles. The fourth-order valence-corrected chi connectivity index (χ4v) is 4.41. The van der Waals surface area contributed by atoms with Crippen molar-refractivity contribution in [2.75, 3.05) is 30.8 Å². The summed E-state index contributed by atoms with van der Waals surface area (Å²) in [5, 5.41) is 1.47. The molecule has 0 fully saturated rings. The van der Waals surface area contributed by atoms with E-state index in [-0.39, 0.29) is 10.5 Å². The lowest BCUT2D eigenvalue weighted by Crippen LogP contribution is -2.15. The molecule has 0 saturated heterocycles. The quantitative estimate of drug-likeness (QED) is 0.662. The zero-order valence-electron chi connectivity index (χ0n) is 16.2. The van der Waals surface area contributed by atoms with E-state index in [1.165, 1.54) is 13.2 Å². The van der Waals surface area contributed by atoms with Crippen molar-refractivity contribution in [3.63, 3.8) is 0 Å². The van der Waals surface area contributed by atoms with Crippen molar-refractivity contribution in [2.24, 2.45) is 0 Å². The second-order valence-electron chi connectivity index (χ2n) is 6.65. The minimum atomic E-state index is -3.87. The van der Waals surface area contributed by atoms with Crippen LogP contribution in [0.15, 0.2) is 59.5 Å². The molecule has 7 heteroatoms. The highest BCUT2D eigenvalue weighted by molar-refractivity contribution is 7.93. The Hall–Kier alpha value is -3.06. The Labute approximate surface area is 164 Å². The molecule has 0 radical (unpaired) electrons. The Balaban J connectivity index is 2.10. The molecule has 0 aromatic heterocycles. The van der Waals surface area contributed by atoms with Crippen LogP contribution in [0.25, 0.3) is 10.8 Å². The fourth-order valence-electron chi connectivity index (χ4n) is 3.07. The van der Waals surface area contributed by atoms with E-state index in [1.807, 2.05) is 37.2 Å². The van der Waals surface area contributed by atoms with Gasteiger partial charge in [0.05, 0.1) is 23.3 Å². The smallest absolute Gasteiger partial charge is 0.337 e. The van der Waals surface area contributed by atoms with Gasteiger partial charge in [-0.2, -0.15) is 0 Å². The summed E-state index contributed by atoms with van der Waals surface area (Å²) in [5.74, 6) is -0.527. The second kappa shape index (κ2) is 7.52. The molecule has 28 heavy (non-hydrogen) atoms. The number of benzene rings is 3. The molecule has 0 amide bonds. The number of fused-ring (bicyclic) bond motifs is 1. The Morgan fingerprint density at radius 3 is 2.36 bits per heavy atom. The monoisotopic (exact) mass is 398 g/mol. The minimum absolute atomic E-state index is 0.177. The topological polar surface area (TPSA) is 75.7 Å². The molecule has 0 aliphatic rings. The highest BCUT2D eigenvalue weighted by Crippen LogP contribution is 2.31. The third kappa shape index (κ3) is 3.66. The number of hydrogen-bond donors (Lipinski definition) is 1. The van der Waals surface area contributed by atoms with Crippen molar-refractivity contribution in [3.05, 3.63) is 65.7 Å². The molecule has 3 rings (SSSR count). The van der Waals surface area contributed by atoms with Crippen LogP contribution in [0.2, 0.25) is 0 Å². The zero-order chi connectivity index (χ0) is 20.5. The molecule has 6 nitrogen and oxygen atoms in total. The lowest BCUT2D eigenvalue weighted by atomic mass is 10.1. The number of rotatable bonds is 5. The van der Waals surface area contributed by atoms with Gasteiger partial charge in [0, 0.05) is 30.6 Å². The largest absolute Gasteiger partial charge is 0.465 e. The highest BCUT2D eigenvalue weighted by atomic mass is 32.2. The van der Waals surface area contributed by atoms with E-state index in [1.54, 1.807) is 37.3 Å². The number of hydrogen-bond acceptors (Lipinski definition) is 5. The summed E-state index contributed by atoms with van der Waals surface area (Å²) < 4.78 is 33.6. The van der Waals surface area contributed by atoms with Crippen LogP contribution in [0.3, 0.4) is 0 Å². The van der Waals surface area contributed by atoms with E-state index in [0.29, 0.717) is 16.6 Å². The molecule has 1 N–H and O–H groups in total. The van der Waals surface area contributed by atoms with Crippen LogP contribution in [0.5, 0.6) is 0 Å². The van der Waals surface area contributed by atoms with E-state index in [0.717, 1.165) is 11.1 Å². The van der Waals surface area contributed by atoms with Crippen molar-refractivity contribution < 1.29 is 17.9 Å². The number of aryl methyl sites for hydroxylation is 1. The van der Waals surface area contributed by atoms with Gasteiger partial charge >= 0.3 is 5.97 Å². The van der Waals surface area contributed by atoms with Crippen molar-refractivity contribution in [1.29, 1.82) is 0 Å². The van der Waals surface area contributed by atoms with Crippen molar-refractivity contribution in [1.82, 2.24) is 0 Å². The Bertz CT molecular complexity index is 1150. The number of carbonyl (C=O) groups excluding carboxylic acids is 1. The first-order valence-corrected chi connectivity index (χ1v) is 10.1. The maximum atomic E-state index is 13.2. The van der Waals surface area contributed by atoms with Gasteiger partial charge in [-0.15, -0.1) is 0 Å². The Morgan fingerprint density at radius 2 is 1.68 bits per heavy atom. The molecule has 146 valence electrons. The van der Waals surface area contributed by atoms with Gasteiger partial charge in [-0.3, -0.25) is 4.72 Å². The third-order valence-electron chi connectivity index (χ3n) is 4.53. The number of anilines is 2. The van der Waals surface area contributed by atoms with Crippen LogP contribution in [-0.4, -0.2) is 35.6 Å². The molecule has 0 unspecified atom stereocenters. The van der Waals surface area contributed by atoms with Gasteiger partial charge in [-0.1, -0.05) is 30.3 Å². The van der Waals surface area contributed by atoms with Crippen molar-refractivity contribution in [2.45, 2.75) is 11.8 Å². The summed E-state index contributed by atoms with van der Waals surface area (Å²) >= 11 is 0. The van der Waals surface area contributed by atoms with Crippen LogP contribution in [0.4, 0.5) is 11.4 Å². The lowest BCUT2D eigenvalue weighted by Gasteiger charge is -2.17. The van der Waals surface area contributed by atoms with Crippen LogP contribution >= 0.6 is 0 Å². The SMILES string of the molecule is COC(=O)c1ccc(C)c(NS(=O)(=O)c2cccc3c(N(C)C)cccc23)c1. The molecule has 0 heterocycles. The number of methoxy groups -OCH3 is 1. The summed E-state index contributed by atoms with van der Waals surface area (Å²) in [6, 6.07) is 15.5. The normalized spacial score (nSPS) is 11.3. The fraction of sp³-hybridized carbons (Fsp3) is 0.190. The van der Waals surface area contributed by atoms with E-state index in [9.17, 15) is 13.2 Å². The first kappa shape index (κ1) is 19.7. The number of sulfonamides is 1. The minimum Gasteiger partial charge on any atom is -0.465 e. The van der Waals surface area contributed by atoms with Gasteiger partial charge in [0.2, 0.25) is 0 Å². The van der Waals surface area contributed by atoms with E-state index in [2.05, 4.69) is 4.72 Å². The molecule has 0 aliphatic heterocycles. The molecule has 3 aromatic carbocycles. The second-order valence-corrected chi connectivity index (χ2v) is 8.30. The van der Waals surface area contributed by atoms with E-state index >= 15 is 0 Å². The Kier molecular flexibility index (Phi) is 5.29. The first-order chi connectivity index (χ1) is 13.2. The van der Waals surface area contributed by atoms with Crippen LogP contribution in [0.1, 0.15) is 15.9 Å². The standard InChI is InChI=1S/C21H22N2O4S/c1-14-11-12-15(21(24)27-4)13-18(14)22-28(25,26)20-10-6-7-16-17(20)8-5-9-19(16)23(2)3/h5-13,22H,1-4H3. The third-order valence-corrected chi connectivity index (χ3v) is 5.96. The maximum absolute atomic E-state index is 13.2. The van der Waals surface area contributed by atoms with Gasteiger partial charge in [0.15, 0.2) is 0 Å². The number of carbonyl (C=O) groups is 1. The van der Waals surface area contributed by atoms with Gasteiger partial charge < -0.3 is 9.64 Å². The summed E-state index contributed by atoms with van der Waals surface area (Å²) in [6.07, 6.45) is 0. The molecule has 0 spiro atoms. The summed E-state index contributed by atoms with van der Waals surface area (Å²) in [4.78, 5) is 13.9. The summed E-state index contributed by atoms with van der Waals surface area (Å²) in [7, 11) is 1.23. The number of nitrogens with one attached hydrogen (secondary N) is 1. The van der Waals surface area contributed by atoms with Crippen LogP contribution in [0, 0.1) is 6.92 Å². The van der Waals surface area contributed by atoms with Gasteiger partial charge in [-0.25, -0.2) is 13.2 Å². The zero-order valence-corrected chi connectivity index (χ0v) is 17.0. The molecular weight excluding hydrogens is 376 g/mol. The number of ether oxygens (including phenoxy) is 1. The van der Waals surface area contributed by atoms with E-state index in [4.69, 9.17) is 4.74 Å². The summed E-state index contributed by atoms with van der Waals surface area (Å²) in [6.45, 7) is 1.77. The highest BCUT2D eigenvalue weighted by Gasteiger charge is 2.20. The van der Waals surface area contributed by atoms with E-state index < -0.39 is 16.0 Å². The van der Waals surface area contributed by atoms with Gasteiger partial charge in [0.1, 0.15) is 0 Å². The average Bonchev–Trinajstić information content (AvgIpc) is 2.67. The number of esters is 1. The average molecular weight is 398 g/mol. The lowest BCUT2D eigenvalue weighted by molar-refractivity contribution is 0.0601.